The quantitative estimate of drug-likeness (QED) is 0.930. The number of halogens is 1. The van der Waals surface area contributed by atoms with E-state index in [2.05, 4.69) is 15.5 Å². The third-order valence-electron chi connectivity index (χ3n) is 2.89. The van der Waals surface area contributed by atoms with Crippen LogP contribution in [0.5, 0.6) is 5.75 Å². The van der Waals surface area contributed by atoms with Gasteiger partial charge in [0, 0.05) is 11.6 Å². The normalized spacial score (nSPS) is 18.9. The third kappa shape index (κ3) is 3.27. The second kappa shape index (κ2) is 6.21. The molecule has 1 atom stereocenters. The zero-order chi connectivity index (χ0) is 13.8. The molecule has 0 radical (unpaired) electrons. The molecule has 0 amide bonds. The fraction of sp³-hybridized carbons (Fsp3) is 0.385. The molecule has 1 fully saturated rings. The van der Waals surface area contributed by atoms with Crippen LogP contribution < -0.4 is 10.1 Å². The number of morpholine rings is 1. The number of hydrogen-bond acceptors (Lipinski definition) is 6. The first-order valence-corrected chi connectivity index (χ1v) is 6.71. The summed E-state index contributed by atoms with van der Waals surface area (Å²) in [7, 11) is 0. The van der Waals surface area contributed by atoms with E-state index in [-0.39, 0.29) is 12.6 Å². The minimum absolute atomic E-state index is 0.0169. The van der Waals surface area contributed by atoms with Gasteiger partial charge in [-0.3, -0.25) is 0 Å². The van der Waals surface area contributed by atoms with E-state index in [0.29, 0.717) is 35.7 Å². The predicted octanol–water partition coefficient (Wildman–Crippen LogP) is 1.96. The Bertz CT molecular complexity index is 552. The molecule has 106 valence electrons. The number of benzene rings is 1. The summed E-state index contributed by atoms with van der Waals surface area (Å²) in [4.78, 5) is 4.30. The lowest BCUT2D eigenvalue weighted by Gasteiger charge is -2.20. The molecule has 1 N–H and O–H groups in total. The number of nitrogens with one attached hydrogen (secondary N) is 1. The van der Waals surface area contributed by atoms with Crippen molar-refractivity contribution in [2.24, 2.45) is 0 Å². The summed E-state index contributed by atoms with van der Waals surface area (Å²) in [6, 6.07) is 7.09. The van der Waals surface area contributed by atoms with Crippen LogP contribution in [0.4, 0.5) is 0 Å². The number of hydrogen-bond donors (Lipinski definition) is 1. The van der Waals surface area contributed by atoms with E-state index in [1.54, 1.807) is 24.3 Å². The predicted molar refractivity (Wildman–Crippen MR) is 71.6 cm³/mol. The van der Waals surface area contributed by atoms with E-state index in [4.69, 9.17) is 25.6 Å². The van der Waals surface area contributed by atoms with Crippen molar-refractivity contribution in [1.29, 1.82) is 0 Å². The van der Waals surface area contributed by atoms with Crippen molar-refractivity contribution in [3.8, 4) is 5.75 Å². The Hall–Kier alpha value is -1.63. The molecular weight excluding hydrogens is 282 g/mol. The van der Waals surface area contributed by atoms with Crippen LogP contribution in [-0.2, 0) is 11.3 Å². The Labute approximate surface area is 121 Å². The summed E-state index contributed by atoms with van der Waals surface area (Å²) in [5.74, 6) is 1.73. The average Bonchev–Trinajstić information content (AvgIpc) is 2.97. The molecule has 1 aliphatic heterocycles. The maximum absolute atomic E-state index is 5.80. The molecule has 1 unspecified atom stereocenters. The molecule has 2 heterocycles. The summed E-state index contributed by atoms with van der Waals surface area (Å²) >= 11 is 5.80. The molecule has 0 aliphatic carbocycles. The van der Waals surface area contributed by atoms with Crippen molar-refractivity contribution in [3.05, 3.63) is 41.0 Å². The zero-order valence-electron chi connectivity index (χ0n) is 10.7. The highest BCUT2D eigenvalue weighted by Gasteiger charge is 2.20. The van der Waals surface area contributed by atoms with Crippen LogP contribution in [0.3, 0.4) is 0 Å². The van der Waals surface area contributed by atoms with Gasteiger partial charge in [-0.1, -0.05) is 16.8 Å². The van der Waals surface area contributed by atoms with Crippen molar-refractivity contribution in [1.82, 2.24) is 15.5 Å². The molecule has 0 saturated carbocycles. The van der Waals surface area contributed by atoms with Crippen LogP contribution in [0.15, 0.2) is 28.8 Å². The van der Waals surface area contributed by atoms with Gasteiger partial charge in [0.2, 0.25) is 0 Å². The topological polar surface area (TPSA) is 69.4 Å². The van der Waals surface area contributed by atoms with Gasteiger partial charge in [0.05, 0.1) is 19.3 Å². The number of nitrogens with zero attached hydrogens (tertiary/aromatic N) is 2. The van der Waals surface area contributed by atoms with Crippen molar-refractivity contribution >= 4 is 11.6 Å². The Morgan fingerprint density at radius 1 is 1.35 bits per heavy atom. The van der Waals surface area contributed by atoms with Crippen LogP contribution in [0, 0.1) is 0 Å². The fourth-order valence-corrected chi connectivity index (χ4v) is 2.00. The first-order chi connectivity index (χ1) is 9.81. The maximum atomic E-state index is 5.80. The number of rotatable bonds is 4. The van der Waals surface area contributed by atoms with E-state index in [1.807, 2.05) is 0 Å². The van der Waals surface area contributed by atoms with Gasteiger partial charge in [-0.25, -0.2) is 0 Å². The van der Waals surface area contributed by atoms with Crippen LogP contribution in [0.2, 0.25) is 5.02 Å². The highest BCUT2D eigenvalue weighted by Crippen LogP contribution is 2.17. The lowest BCUT2D eigenvalue weighted by molar-refractivity contribution is 0.0734. The van der Waals surface area contributed by atoms with Gasteiger partial charge in [-0.15, -0.1) is 0 Å². The Balaban J connectivity index is 1.58. The van der Waals surface area contributed by atoms with Gasteiger partial charge in [-0.05, 0) is 24.3 Å². The second-order valence-electron chi connectivity index (χ2n) is 4.37. The van der Waals surface area contributed by atoms with Crippen molar-refractivity contribution < 1.29 is 14.0 Å². The Morgan fingerprint density at radius 2 is 2.20 bits per heavy atom. The van der Waals surface area contributed by atoms with E-state index in [9.17, 15) is 0 Å². The van der Waals surface area contributed by atoms with Crippen molar-refractivity contribution in [2.75, 3.05) is 19.8 Å². The Morgan fingerprint density at radius 3 is 2.95 bits per heavy atom. The highest BCUT2D eigenvalue weighted by molar-refractivity contribution is 6.30. The molecule has 0 bridgehead atoms. The zero-order valence-corrected chi connectivity index (χ0v) is 11.5. The molecule has 1 aliphatic rings. The maximum Gasteiger partial charge on any atom is 0.264 e. The lowest BCUT2D eigenvalue weighted by Crippen LogP contribution is -2.35. The van der Waals surface area contributed by atoms with Crippen molar-refractivity contribution in [2.45, 2.75) is 12.6 Å². The van der Waals surface area contributed by atoms with E-state index in [0.717, 1.165) is 6.54 Å². The van der Waals surface area contributed by atoms with Gasteiger partial charge >= 0.3 is 0 Å². The molecule has 1 aromatic carbocycles. The number of ether oxygens (including phenoxy) is 2. The van der Waals surface area contributed by atoms with E-state index >= 15 is 0 Å². The summed E-state index contributed by atoms with van der Waals surface area (Å²) in [6.07, 6.45) is 0. The van der Waals surface area contributed by atoms with Gasteiger partial charge in [0.15, 0.2) is 12.4 Å². The van der Waals surface area contributed by atoms with Crippen LogP contribution in [0.1, 0.15) is 17.8 Å². The molecule has 1 aromatic heterocycles. The molecule has 20 heavy (non-hydrogen) atoms. The standard InChI is InChI=1S/C13H14ClN3O3/c14-9-1-3-10(4-2-9)19-8-12-16-13(17-20-12)11-7-18-6-5-15-11/h1-4,11,15H,5-8H2. The average molecular weight is 296 g/mol. The van der Waals surface area contributed by atoms with Crippen molar-refractivity contribution in [3.63, 3.8) is 0 Å². The van der Waals surface area contributed by atoms with Crippen LogP contribution in [0.25, 0.3) is 0 Å². The third-order valence-corrected chi connectivity index (χ3v) is 3.15. The first kappa shape index (κ1) is 13.4. The minimum atomic E-state index is -0.0169. The largest absolute Gasteiger partial charge is 0.484 e. The van der Waals surface area contributed by atoms with Gasteiger partial charge in [-0.2, -0.15) is 4.98 Å². The van der Waals surface area contributed by atoms with Gasteiger partial charge < -0.3 is 19.3 Å². The van der Waals surface area contributed by atoms with Gasteiger partial charge in [0.1, 0.15) is 5.75 Å². The second-order valence-corrected chi connectivity index (χ2v) is 4.81. The minimum Gasteiger partial charge on any atom is -0.484 e. The molecule has 7 heteroatoms. The summed E-state index contributed by atoms with van der Waals surface area (Å²) in [5.41, 5.74) is 0. The molecule has 3 rings (SSSR count). The lowest BCUT2D eigenvalue weighted by atomic mass is 10.2. The SMILES string of the molecule is Clc1ccc(OCc2nc(C3COCCN3)no2)cc1. The van der Waals surface area contributed by atoms with Gasteiger partial charge in [0.25, 0.3) is 5.89 Å². The fourth-order valence-electron chi connectivity index (χ4n) is 1.88. The molecular formula is C13H14ClN3O3. The molecule has 2 aromatic rings. The van der Waals surface area contributed by atoms with E-state index in [1.165, 1.54) is 0 Å². The first-order valence-electron chi connectivity index (χ1n) is 6.33. The van der Waals surface area contributed by atoms with Crippen LogP contribution in [-0.4, -0.2) is 29.9 Å². The molecule has 6 nitrogen and oxygen atoms in total. The summed E-state index contributed by atoms with van der Waals surface area (Å²) in [5, 5.41) is 7.87. The summed E-state index contributed by atoms with van der Waals surface area (Å²) in [6.45, 7) is 2.27. The monoisotopic (exact) mass is 295 g/mol. The molecule has 1 saturated heterocycles. The summed E-state index contributed by atoms with van der Waals surface area (Å²) < 4.78 is 16.1. The Kier molecular flexibility index (Phi) is 4.15. The smallest absolute Gasteiger partial charge is 0.264 e. The molecule has 0 spiro atoms. The van der Waals surface area contributed by atoms with E-state index < -0.39 is 0 Å². The number of aromatic nitrogens is 2. The highest BCUT2D eigenvalue weighted by atomic mass is 35.5. The van der Waals surface area contributed by atoms with Crippen LogP contribution >= 0.6 is 11.6 Å².